The maximum Gasteiger partial charge on any atom is 0.270 e. The summed E-state index contributed by atoms with van der Waals surface area (Å²) >= 11 is 3.40. The average Bonchev–Trinajstić information content (AvgIpc) is 2.84. The van der Waals surface area contributed by atoms with Gasteiger partial charge in [-0.25, -0.2) is 0 Å². The summed E-state index contributed by atoms with van der Waals surface area (Å²) in [4.78, 5) is 12.7. The second-order valence-electron chi connectivity index (χ2n) is 6.84. The van der Waals surface area contributed by atoms with Crippen molar-refractivity contribution in [1.29, 1.82) is 0 Å². The van der Waals surface area contributed by atoms with Crippen molar-refractivity contribution in [2.75, 3.05) is 10.3 Å². The lowest BCUT2D eigenvalue weighted by Crippen LogP contribution is -2.28. The Balaban J connectivity index is 1.82. The third-order valence-corrected chi connectivity index (χ3v) is 5.37. The number of amidine groups is 1. The standard InChI is InChI=1S/C25H19BrN4O2/c26-23-18-22(30(31)32)16-17-24(23)27-28-25(19-10-4-1-5-11-19)29(20-12-6-2-7-13-20)21-14-8-3-9-15-21/h1-18,27H. The highest BCUT2D eigenvalue weighted by Gasteiger charge is 2.18. The second-order valence-corrected chi connectivity index (χ2v) is 7.70. The van der Waals surface area contributed by atoms with Gasteiger partial charge in [-0.2, -0.15) is 5.10 Å². The first kappa shape index (κ1) is 21.3. The van der Waals surface area contributed by atoms with Crippen molar-refractivity contribution in [2.24, 2.45) is 5.10 Å². The van der Waals surface area contributed by atoms with E-state index in [0.717, 1.165) is 16.9 Å². The van der Waals surface area contributed by atoms with Gasteiger partial charge in [-0.05, 0) is 46.3 Å². The maximum atomic E-state index is 11.0. The molecular weight excluding hydrogens is 468 g/mol. The number of nitro benzene ring substituents is 1. The molecule has 7 heteroatoms. The fraction of sp³-hybridized carbons (Fsp3) is 0. The van der Waals surface area contributed by atoms with Crippen LogP contribution in [0.5, 0.6) is 0 Å². The lowest BCUT2D eigenvalue weighted by molar-refractivity contribution is -0.384. The van der Waals surface area contributed by atoms with E-state index < -0.39 is 4.92 Å². The monoisotopic (exact) mass is 486 g/mol. The topological polar surface area (TPSA) is 70.8 Å². The molecule has 0 fully saturated rings. The first-order valence-electron chi connectivity index (χ1n) is 9.87. The summed E-state index contributed by atoms with van der Waals surface area (Å²) in [6.45, 7) is 0. The third kappa shape index (κ3) is 4.84. The van der Waals surface area contributed by atoms with E-state index in [1.54, 1.807) is 6.07 Å². The first-order chi connectivity index (χ1) is 15.6. The number of hydrogen-bond acceptors (Lipinski definition) is 4. The molecule has 0 heterocycles. The molecule has 0 atom stereocenters. The molecule has 0 spiro atoms. The Hall–Kier alpha value is -3.97. The van der Waals surface area contributed by atoms with Gasteiger partial charge in [0.1, 0.15) is 0 Å². The number of halogens is 1. The number of hydrogen-bond donors (Lipinski definition) is 1. The van der Waals surface area contributed by atoms with Crippen LogP contribution in [0.1, 0.15) is 5.56 Å². The van der Waals surface area contributed by atoms with Gasteiger partial charge in [-0.15, -0.1) is 0 Å². The van der Waals surface area contributed by atoms with Crippen molar-refractivity contribution in [1.82, 2.24) is 0 Å². The molecule has 0 aliphatic carbocycles. The molecule has 0 radical (unpaired) electrons. The first-order valence-corrected chi connectivity index (χ1v) is 10.7. The van der Waals surface area contributed by atoms with Crippen LogP contribution in [0.3, 0.4) is 0 Å². The number of nitro groups is 1. The number of nitrogens with zero attached hydrogens (tertiary/aromatic N) is 3. The van der Waals surface area contributed by atoms with Gasteiger partial charge in [0.2, 0.25) is 0 Å². The van der Waals surface area contributed by atoms with E-state index in [1.165, 1.54) is 12.1 Å². The lowest BCUT2D eigenvalue weighted by Gasteiger charge is -2.27. The molecule has 0 aliphatic rings. The molecule has 0 amide bonds. The Labute approximate surface area is 194 Å². The molecule has 6 nitrogen and oxygen atoms in total. The number of para-hydroxylation sites is 2. The summed E-state index contributed by atoms with van der Waals surface area (Å²) in [6, 6.07) is 34.3. The van der Waals surface area contributed by atoms with Gasteiger partial charge < -0.3 is 0 Å². The van der Waals surface area contributed by atoms with E-state index in [1.807, 2.05) is 91.0 Å². The zero-order valence-electron chi connectivity index (χ0n) is 16.9. The quantitative estimate of drug-likeness (QED) is 0.138. The molecule has 0 unspecified atom stereocenters. The van der Waals surface area contributed by atoms with Crippen LogP contribution in [0.25, 0.3) is 0 Å². The smallest absolute Gasteiger partial charge is 0.270 e. The van der Waals surface area contributed by atoms with Crippen molar-refractivity contribution < 1.29 is 4.92 Å². The summed E-state index contributed by atoms with van der Waals surface area (Å²) in [5.74, 6) is 0.674. The normalized spacial score (nSPS) is 11.1. The highest BCUT2D eigenvalue weighted by molar-refractivity contribution is 9.10. The fourth-order valence-electron chi connectivity index (χ4n) is 3.20. The van der Waals surface area contributed by atoms with Crippen LogP contribution < -0.4 is 10.3 Å². The van der Waals surface area contributed by atoms with E-state index in [2.05, 4.69) is 26.3 Å². The number of nitrogens with one attached hydrogen (secondary N) is 1. The highest BCUT2D eigenvalue weighted by Crippen LogP contribution is 2.30. The van der Waals surface area contributed by atoms with Crippen LogP contribution in [-0.4, -0.2) is 10.8 Å². The molecule has 0 saturated carbocycles. The number of non-ortho nitro benzene ring substituents is 1. The van der Waals surface area contributed by atoms with E-state index in [0.29, 0.717) is 16.0 Å². The Morgan fingerprint density at radius 2 is 1.34 bits per heavy atom. The van der Waals surface area contributed by atoms with E-state index in [4.69, 9.17) is 5.10 Å². The highest BCUT2D eigenvalue weighted by atomic mass is 79.9. The van der Waals surface area contributed by atoms with Crippen molar-refractivity contribution >= 4 is 44.5 Å². The summed E-state index contributed by atoms with van der Waals surface area (Å²) in [5.41, 5.74) is 6.50. The van der Waals surface area contributed by atoms with E-state index in [9.17, 15) is 10.1 Å². The van der Waals surface area contributed by atoms with Crippen LogP contribution in [-0.2, 0) is 0 Å². The maximum absolute atomic E-state index is 11.0. The van der Waals surface area contributed by atoms with Crippen molar-refractivity contribution in [3.63, 3.8) is 0 Å². The summed E-state index contributed by atoms with van der Waals surface area (Å²) in [5, 5.41) is 15.8. The number of hydrazone groups is 1. The molecule has 32 heavy (non-hydrogen) atoms. The summed E-state index contributed by atoms with van der Waals surface area (Å²) in [7, 11) is 0. The Morgan fingerprint density at radius 1 is 0.812 bits per heavy atom. The van der Waals surface area contributed by atoms with Gasteiger partial charge in [0.15, 0.2) is 5.84 Å². The van der Waals surface area contributed by atoms with Gasteiger partial charge in [-0.1, -0.05) is 66.7 Å². The number of rotatable bonds is 6. The van der Waals surface area contributed by atoms with Crippen molar-refractivity contribution in [2.45, 2.75) is 0 Å². The molecular formula is C25H19BrN4O2. The minimum absolute atomic E-state index is 0.00452. The minimum atomic E-state index is -0.431. The second kappa shape index (κ2) is 9.89. The third-order valence-electron chi connectivity index (χ3n) is 4.72. The molecule has 4 aromatic carbocycles. The Morgan fingerprint density at radius 3 is 1.84 bits per heavy atom. The number of anilines is 3. The van der Waals surface area contributed by atoms with Gasteiger partial charge in [0, 0.05) is 33.5 Å². The Bertz CT molecular complexity index is 1190. The molecule has 0 saturated heterocycles. The van der Waals surface area contributed by atoms with Crippen LogP contribution in [0, 0.1) is 10.1 Å². The fourth-order valence-corrected chi connectivity index (χ4v) is 3.66. The molecule has 0 bridgehead atoms. The summed E-state index contributed by atoms with van der Waals surface area (Å²) in [6.07, 6.45) is 0. The van der Waals surface area contributed by atoms with Crippen molar-refractivity contribution in [3.8, 4) is 0 Å². The lowest BCUT2D eigenvalue weighted by atomic mass is 10.1. The minimum Gasteiger partial charge on any atom is -0.293 e. The molecule has 1 N–H and O–H groups in total. The number of benzene rings is 4. The molecule has 4 aromatic rings. The molecule has 0 aromatic heterocycles. The largest absolute Gasteiger partial charge is 0.293 e. The SMILES string of the molecule is O=[N+]([O-])c1ccc(NN=C(c2ccccc2)N(c2ccccc2)c2ccccc2)c(Br)c1. The zero-order valence-corrected chi connectivity index (χ0v) is 18.5. The van der Waals surface area contributed by atoms with Gasteiger partial charge >= 0.3 is 0 Å². The zero-order chi connectivity index (χ0) is 22.3. The average molecular weight is 487 g/mol. The molecule has 0 aliphatic heterocycles. The van der Waals surface area contributed by atoms with Crippen LogP contribution in [0.15, 0.2) is 119 Å². The molecule has 158 valence electrons. The van der Waals surface area contributed by atoms with E-state index >= 15 is 0 Å². The van der Waals surface area contributed by atoms with Gasteiger partial charge in [0.05, 0.1) is 10.6 Å². The van der Waals surface area contributed by atoms with Crippen LogP contribution in [0.2, 0.25) is 0 Å². The molecule has 4 rings (SSSR count). The van der Waals surface area contributed by atoms with Crippen LogP contribution >= 0.6 is 15.9 Å². The van der Waals surface area contributed by atoms with E-state index in [-0.39, 0.29) is 5.69 Å². The van der Waals surface area contributed by atoms with Crippen LogP contribution in [0.4, 0.5) is 22.7 Å². The summed E-state index contributed by atoms with van der Waals surface area (Å²) < 4.78 is 0.550. The van der Waals surface area contributed by atoms with Gasteiger partial charge in [0.25, 0.3) is 5.69 Å². The van der Waals surface area contributed by atoms with Crippen molar-refractivity contribution in [3.05, 3.63) is 129 Å². The predicted octanol–water partition coefficient (Wildman–Crippen LogP) is 6.97. The Kier molecular flexibility index (Phi) is 6.57. The van der Waals surface area contributed by atoms with Gasteiger partial charge in [-0.3, -0.25) is 20.4 Å². The predicted molar refractivity (Wildman–Crippen MR) is 132 cm³/mol.